The van der Waals surface area contributed by atoms with Crippen molar-refractivity contribution < 1.29 is 0 Å². The van der Waals surface area contributed by atoms with Crippen LogP contribution in [0.25, 0.3) is 0 Å². The summed E-state index contributed by atoms with van der Waals surface area (Å²) in [5.74, 6) is 0. The van der Waals surface area contributed by atoms with Gasteiger partial charge in [-0.05, 0) is 25.5 Å². The van der Waals surface area contributed by atoms with Crippen LogP contribution in [0.4, 0.5) is 0 Å². The molecule has 1 unspecified atom stereocenters. The first kappa shape index (κ1) is 12.5. The van der Waals surface area contributed by atoms with Gasteiger partial charge in [0.15, 0.2) is 0 Å². The Morgan fingerprint density at radius 2 is 1.83 bits per heavy atom. The van der Waals surface area contributed by atoms with E-state index in [0.29, 0.717) is 6.54 Å². The molecule has 0 amide bonds. The second-order valence-corrected chi connectivity index (χ2v) is 4.51. The minimum absolute atomic E-state index is 0.122. The molecular weight excluding hydrogens is 226 g/mol. The molecule has 0 saturated heterocycles. The van der Waals surface area contributed by atoms with Crippen LogP contribution in [0.5, 0.6) is 0 Å². The molecule has 0 saturated carbocycles. The van der Waals surface area contributed by atoms with E-state index in [1.165, 1.54) is 16.3 Å². The largest absolute Gasteiger partial charge is 0.322 e. The highest BCUT2D eigenvalue weighted by molar-refractivity contribution is 5.23. The van der Waals surface area contributed by atoms with Crippen LogP contribution in [0.15, 0.2) is 41.2 Å². The Bertz CT molecular complexity index is 587. The fourth-order valence-electron chi connectivity index (χ4n) is 1.79. The summed E-state index contributed by atoms with van der Waals surface area (Å²) < 4.78 is 1.42. The highest BCUT2D eigenvalue weighted by Crippen LogP contribution is 2.12. The van der Waals surface area contributed by atoms with Crippen LogP contribution in [0, 0.1) is 13.8 Å². The van der Waals surface area contributed by atoms with Crippen molar-refractivity contribution in [2.45, 2.75) is 26.4 Å². The first-order chi connectivity index (χ1) is 8.56. The summed E-state index contributed by atoms with van der Waals surface area (Å²) in [5.41, 5.74) is 8.99. The molecule has 0 bridgehead atoms. The van der Waals surface area contributed by atoms with Gasteiger partial charge >= 0.3 is 0 Å². The lowest BCUT2D eigenvalue weighted by atomic mass is 10.1. The molecule has 1 aromatic carbocycles. The third kappa shape index (κ3) is 2.84. The zero-order valence-corrected chi connectivity index (χ0v) is 10.6. The van der Waals surface area contributed by atoms with Crippen LogP contribution in [-0.2, 0) is 6.54 Å². The van der Waals surface area contributed by atoms with Gasteiger partial charge in [0.25, 0.3) is 5.56 Å². The molecule has 1 heterocycles. The van der Waals surface area contributed by atoms with Gasteiger partial charge in [0, 0.05) is 12.1 Å². The van der Waals surface area contributed by atoms with E-state index in [4.69, 9.17) is 5.73 Å². The Labute approximate surface area is 106 Å². The monoisotopic (exact) mass is 243 g/mol. The smallest absolute Gasteiger partial charge is 0.266 e. The molecule has 18 heavy (non-hydrogen) atoms. The fraction of sp³-hybridized carbons (Fsp3) is 0.286. The van der Waals surface area contributed by atoms with Gasteiger partial charge in [0.1, 0.15) is 0 Å². The molecule has 0 aliphatic rings. The minimum atomic E-state index is -0.224. The zero-order valence-electron chi connectivity index (χ0n) is 10.6. The first-order valence-electron chi connectivity index (χ1n) is 5.93. The number of nitrogens with zero attached hydrogens (tertiary/aromatic N) is 2. The molecule has 0 aliphatic heterocycles. The first-order valence-corrected chi connectivity index (χ1v) is 5.93. The Hall–Kier alpha value is -1.94. The molecule has 2 aromatic rings. The van der Waals surface area contributed by atoms with Crippen molar-refractivity contribution in [2.24, 2.45) is 5.73 Å². The summed E-state index contributed by atoms with van der Waals surface area (Å²) in [4.78, 5) is 11.6. The van der Waals surface area contributed by atoms with Crippen LogP contribution in [0.1, 0.15) is 22.9 Å². The number of nitrogens with two attached hydrogens (primary N) is 1. The van der Waals surface area contributed by atoms with Crippen LogP contribution >= 0.6 is 0 Å². The molecule has 0 aliphatic carbocycles. The second kappa shape index (κ2) is 5.14. The maximum atomic E-state index is 11.6. The molecule has 94 valence electrons. The number of hydrogen-bond acceptors (Lipinski definition) is 3. The third-order valence-corrected chi connectivity index (χ3v) is 2.88. The summed E-state index contributed by atoms with van der Waals surface area (Å²) >= 11 is 0. The topological polar surface area (TPSA) is 60.9 Å². The van der Waals surface area contributed by atoms with Crippen LogP contribution in [0.3, 0.4) is 0 Å². The predicted molar refractivity (Wildman–Crippen MR) is 71.3 cm³/mol. The Morgan fingerprint density at radius 1 is 1.17 bits per heavy atom. The van der Waals surface area contributed by atoms with E-state index in [-0.39, 0.29) is 11.6 Å². The normalized spacial score (nSPS) is 12.4. The number of rotatable bonds is 3. The lowest BCUT2D eigenvalue weighted by molar-refractivity contribution is 0.499. The SMILES string of the molecule is Cc1ccc(C(N)Cn2nc(C)ccc2=O)cc1. The molecule has 0 fully saturated rings. The summed E-state index contributed by atoms with van der Waals surface area (Å²) in [6, 6.07) is 11.0. The standard InChI is InChI=1S/C14H17N3O/c1-10-3-6-12(7-4-10)13(15)9-17-14(18)8-5-11(2)16-17/h3-8,13H,9,15H2,1-2H3. The summed E-state index contributed by atoms with van der Waals surface area (Å²) in [6.45, 7) is 4.28. The van der Waals surface area contributed by atoms with Gasteiger partial charge in [-0.1, -0.05) is 29.8 Å². The zero-order chi connectivity index (χ0) is 13.1. The van der Waals surface area contributed by atoms with E-state index in [1.54, 1.807) is 6.07 Å². The molecule has 2 rings (SSSR count). The van der Waals surface area contributed by atoms with Crippen LogP contribution in [-0.4, -0.2) is 9.78 Å². The van der Waals surface area contributed by atoms with E-state index in [2.05, 4.69) is 5.10 Å². The molecule has 0 radical (unpaired) electrons. The Kier molecular flexibility index (Phi) is 3.58. The van der Waals surface area contributed by atoms with Gasteiger partial charge in [0.05, 0.1) is 12.2 Å². The quantitative estimate of drug-likeness (QED) is 0.890. The van der Waals surface area contributed by atoms with Crippen molar-refractivity contribution >= 4 is 0 Å². The number of hydrogen-bond donors (Lipinski definition) is 1. The average Bonchev–Trinajstić information content (AvgIpc) is 2.34. The lowest BCUT2D eigenvalue weighted by Crippen LogP contribution is -2.28. The number of aromatic nitrogens is 2. The lowest BCUT2D eigenvalue weighted by Gasteiger charge is -2.13. The van der Waals surface area contributed by atoms with E-state index in [0.717, 1.165) is 11.3 Å². The molecule has 4 nitrogen and oxygen atoms in total. The molecule has 1 atom stereocenters. The van der Waals surface area contributed by atoms with E-state index >= 15 is 0 Å². The number of benzene rings is 1. The number of aryl methyl sites for hydroxylation is 2. The van der Waals surface area contributed by atoms with Crippen molar-refractivity contribution in [2.75, 3.05) is 0 Å². The third-order valence-electron chi connectivity index (χ3n) is 2.88. The molecule has 1 aromatic heterocycles. The van der Waals surface area contributed by atoms with Gasteiger partial charge in [-0.2, -0.15) is 5.10 Å². The van der Waals surface area contributed by atoms with Gasteiger partial charge in [-0.25, -0.2) is 4.68 Å². The van der Waals surface area contributed by atoms with Crippen LogP contribution < -0.4 is 11.3 Å². The minimum Gasteiger partial charge on any atom is -0.322 e. The molecule has 2 N–H and O–H groups in total. The van der Waals surface area contributed by atoms with Crippen molar-refractivity contribution in [1.29, 1.82) is 0 Å². The van der Waals surface area contributed by atoms with Gasteiger partial charge in [-0.3, -0.25) is 4.79 Å². The van der Waals surface area contributed by atoms with Gasteiger partial charge in [0.2, 0.25) is 0 Å². The van der Waals surface area contributed by atoms with Crippen molar-refractivity contribution in [3.63, 3.8) is 0 Å². The van der Waals surface area contributed by atoms with Crippen LogP contribution in [0.2, 0.25) is 0 Å². The highest BCUT2D eigenvalue weighted by Gasteiger charge is 2.08. The highest BCUT2D eigenvalue weighted by atomic mass is 16.1. The Morgan fingerprint density at radius 3 is 2.50 bits per heavy atom. The van der Waals surface area contributed by atoms with Gasteiger partial charge in [-0.15, -0.1) is 0 Å². The summed E-state index contributed by atoms with van der Waals surface area (Å²) in [5, 5.41) is 4.18. The van der Waals surface area contributed by atoms with E-state index in [1.807, 2.05) is 38.1 Å². The van der Waals surface area contributed by atoms with E-state index in [9.17, 15) is 4.79 Å². The Balaban J connectivity index is 2.21. The fourth-order valence-corrected chi connectivity index (χ4v) is 1.79. The maximum Gasteiger partial charge on any atom is 0.266 e. The van der Waals surface area contributed by atoms with Crippen molar-refractivity contribution in [1.82, 2.24) is 9.78 Å². The maximum absolute atomic E-state index is 11.6. The van der Waals surface area contributed by atoms with Crippen molar-refractivity contribution in [3.05, 3.63) is 63.6 Å². The van der Waals surface area contributed by atoms with Crippen molar-refractivity contribution in [3.8, 4) is 0 Å². The molecular formula is C14H17N3O. The molecule has 0 spiro atoms. The summed E-state index contributed by atoms with van der Waals surface area (Å²) in [7, 11) is 0. The predicted octanol–water partition coefficient (Wildman–Crippen LogP) is 1.56. The van der Waals surface area contributed by atoms with E-state index < -0.39 is 0 Å². The summed E-state index contributed by atoms with van der Waals surface area (Å²) in [6.07, 6.45) is 0. The average molecular weight is 243 g/mol. The molecule has 4 heteroatoms. The van der Waals surface area contributed by atoms with Gasteiger partial charge < -0.3 is 5.73 Å². The second-order valence-electron chi connectivity index (χ2n) is 4.51.